The Labute approximate surface area is 111 Å². The summed E-state index contributed by atoms with van der Waals surface area (Å²) in [6, 6.07) is 1.49. The van der Waals surface area contributed by atoms with Crippen LogP contribution in [0, 0.1) is 11.8 Å². The molecule has 0 N–H and O–H groups in total. The van der Waals surface area contributed by atoms with Gasteiger partial charge < -0.3 is 9.80 Å². The molecule has 2 heterocycles. The average Bonchev–Trinajstić information content (AvgIpc) is 2.77. The lowest BCUT2D eigenvalue weighted by Crippen LogP contribution is -2.39. The first-order valence-electron chi connectivity index (χ1n) is 6.26. The Bertz CT molecular complexity index is 481. The number of hydrogen-bond acceptors (Lipinski definition) is 3. The van der Waals surface area contributed by atoms with Gasteiger partial charge in [-0.1, -0.05) is 0 Å². The molecule has 1 unspecified atom stereocenters. The van der Waals surface area contributed by atoms with Gasteiger partial charge in [0.2, 0.25) is 5.95 Å². The summed E-state index contributed by atoms with van der Waals surface area (Å²) >= 11 is 0. The fourth-order valence-electron chi connectivity index (χ4n) is 2.40. The van der Waals surface area contributed by atoms with Crippen molar-refractivity contribution in [2.75, 3.05) is 27.2 Å². The number of likely N-dealkylation sites (N-methyl/N-ethyl adjacent to an activating group) is 2. The van der Waals surface area contributed by atoms with Crippen molar-refractivity contribution < 1.29 is 13.6 Å². The number of halogens is 2. The number of hydrogen-bond donors (Lipinski definition) is 0. The second-order valence-corrected chi connectivity index (χ2v) is 4.93. The van der Waals surface area contributed by atoms with Gasteiger partial charge in [-0.15, -0.1) is 0 Å². The number of aromatic nitrogens is 1. The van der Waals surface area contributed by atoms with Crippen LogP contribution >= 0.6 is 0 Å². The molecule has 1 amide bonds. The van der Waals surface area contributed by atoms with Crippen LogP contribution in [0.5, 0.6) is 0 Å². The molecule has 1 aliphatic rings. The van der Waals surface area contributed by atoms with Crippen LogP contribution in [0.2, 0.25) is 0 Å². The molecule has 0 aromatic carbocycles. The second-order valence-electron chi connectivity index (χ2n) is 4.93. The molecule has 1 atom stereocenters. The van der Waals surface area contributed by atoms with E-state index in [1.165, 1.54) is 11.0 Å². The number of likely N-dealkylation sites (tertiary alicyclic amines) is 1. The normalized spacial score (nSPS) is 19.7. The molecule has 1 saturated heterocycles. The first-order chi connectivity index (χ1) is 9.00. The maximum atomic E-state index is 13.5. The van der Waals surface area contributed by atoms with Gasteiger partial charge in [-0.25, -0.2) is 9.37 Å². The molecular weight excluding hydrogens is 252 g/mol. The van der Waals surface area contributed by atoms with E-state index in [9.17, 15) is 13.6 Å². The summed E-state index contributed by atoms with van der Waals surface area (Å²) in [5.74, 6) is -2.93. The van der Waals surface area contributed by atoms with E-state index in [0.29, 0.717) is 6.54 Å². The van der Waals surface area contributed by atoms with Gasteiger partial charge >= 0.3 is 0 Å². The third kappa shape index (κ3) is 2.89. The maximum Gasteiger partial charge on any atom is 0.256 e. The molecule has 0 bridgehead atoms. The first kappa shape index (κ1) is 13.9. The van der Waals surface area contributed by atoms with Crippen LogP contribution in [0.1, 0.15) is 23.2 Å². The Morgan fingerprint density at radius 3 is 2.95 bits per heavy atom. The number of carbonyl (C=O) groups excluding carboxylic acids is 1. The van der Waals surface area contributed by atoms with E-state index in [2.05, 4.69) is 9.88 Å². The van der Waals surface area contributed by atoms with E-state index < -0.39 is 17.7 Å². The molecule has 19 heavy (non-hydrogen) atoms. The highest BCUT2D eigenvalue weighted by atomic mass is 19.2. The van der Waals surface area contributed by atoms with E-state index in [4.69, 9.17) is 0 Å². The van der Waals surface area contributed by atoms with Crippen LogP contribution < -0.4 is 0 Å². The molecule has 0 saturated carbocycles. The molecule has 2 rings (SSSR count). The third-order valence-electron chi connectivity index (χ3n) is 3.58. The zero-order valence-corrected chi connectivity index (χ0v) is 11.1. The lowest BCUT2D eigenvalue weighted by Gasteiger charge is -2.26. The average molecular weight is 269 g/mol. The summed E-state index contributed by atoms with van der Waals surface area (Å²) in [4.78, 5) is 18.9. The lowest BCUT2D eigenvalue weighted by atomic mass is 10.2. The maximum absolute atomic E-state index is 13.5. The summed E-state index contributed by atoms with van der Waals surface area (Å²) in [5, 5.41) is 0. The van der Waals surface area contributed by atoms with Gasteiger partial charge in [-0.2, -0.15) is 4.39 Å². The third-order valence-corrected chi connectivity index (χ3v) is 3.58. The molecule has 0 radical (unpaired) electrons. The Morgan fingerprint density at radius 1 is 1.58 bits per heavy atom. The van der Waals surface area contributed by atoms with Crippen LogP contribution in [0.25, 0.3) is 0 Å². The van der Waals surface area contributed by atoms with Gasteiger partial charge in [0, 0.05) is 25.8 Å². The molecule has 1 aromatic heterocycles. The van der Waals surface area contributed by atoms with Crippen LogP contribution in [0.4, 0.5) is 8.78 Å². The predicted octanol–water partition coefficient (Wildman–Crippen LogP) is 1.53. The van der Waals surface area contributed by atoms with E-state index in [0.717, 1.165) is 25.6 Å². The van der Waals surface area contributed by atoms with E-state index >= 15 is 0 Å². The number of carbonyl (C=O) groups is 1. The van der Waals surface area contributed by atoms with Crippen molar-refractivity contribution in [3.63, 3.8) is 0 Å². The summed E-state index contributed by atoms with van der Waals surface area (Å²) in [6.07, 6.45) is 3.21. The van der Waals surface area contributed by atoms with Crippen molar-refractivity contribution in [3.05, 3.63) is 29.6 Å². The Morgan fingerprint density at radius 2 is 2.32 bits per heavy atom. The van der Waals surface area contributed by atoms with Gasteiger partial charge in [0.05, 0.1) is 5.56 Å². The molecule has 1 fully saturated rings. The molecule has 0 aliphatic carbocycles. The fourth-order valence-corrected chi connectivity index (χ4v) is 2.40. The summed E-state index contributed by atoms with van der Waals surface area (Å²) < 4.78 is 26.5. The SMILES string of the molecule is CN(CC1CCCN1C)C(=O)c1ccnc(F)c1F. The standard InChI is InChI=1S/C13H17F2N3O/c1-17-7-3-4-9(17)8-18(2)13(19)10-5-6-16-12(15)11(10)14/h5-6,9H,3-4,7-8H2,1-2H3. The Kier molecular flexibility index (Phi) is 4.09. The zero-order valence-electron chi connectivity index (χ0n) is 11.1. The molecule has 0 spiro atoms. The number of pyridine rings is 1. The minimum Gasteiger partial charge on any atom is -0.340 e. The minimum atomic E-state index is -1.24. The highest BCUT2D eigenvalue weighted by molar-refractivity contribution is 5.94. The van der Waals surface area contributed by atoms with Crippen LogP contribution in [-0.2, 0) is 0 Å². The highest BCUT2D eigenvalue weighted by Gasteiger charge is 2.26. The lowest BCUT2D eigenvalue weighted by molar-refractivity contribution is 0.0755. The second kappa shape index (κ2) is 5.61. The van der Waals surface area contributed by atoms with Crippen molar-refractivity contribution in [1.29, 1.82) is 0 Å². The first-order valence-corrected chi connectivity index (χ1v) is 6.26. The molecule has 1 aliphatic heterocycles. The summed E-state index contributed by atoms with van der Waals surface area (Å²) in [6.45, 7) is 1.52. The van der Waals surface area contributed by atoms with Gasteiger partial charge in [-0.3, -0.25) is 4.79 Å². The molecule has 4 nitrogen and oxygen atoms in total. The molecular formula is C13H17F2N3O. The van der Waals surface area contributed by atoms with Gasteiger partial charge in [0.1, 0.15) is 0 Å². The predicted molar refractivity (Wildman–Crippen MR) is 66.8 cm³/mol. The van der Waals surface area contributed by atoms with Crippen LogP contribution in [0.3, 0.4) is 0 Å². The molecule has 1 aromatic rings. The van der Waals surface area contributed by atoms with Crippen molar-refractivity contribution in [1.82, 2.24) is 14.8 Å². The summed E-state index contributed by atoms with van der Waals surface area (Å²) in [7, 11) is 3.61. The van der Waals surface area contributed by atoms with E-state index in [1.54, 1.807) is 7.05 Å². The number of amides is 1. The topological polar surface area (TPSA) is 36.4 Å². The zero-order chi connectivity index (χ0) is 14.0. The number of rotatable bonds is 3. The van der Waals surface area contributed by atoms with E-state index in [-0.39, 0.29) is 11.6 Å². The van der Waals surface area contributed by atoms with E-state index in [1.807, 2.05) is 7.05 Å². The van der Waals surface area contributed by atoms with Crippen molar-refractivity contribution in [2.24, 2.45) is 0 Å². The fraction of sp³-hybridized carbons (Fsp3) is 0.538. The minimum absolute atomic E-state index is 0.268. The van der Waals surface area contributed by atoms with Crippen LogP contribution in [0.15, 0.2) is 12.3 Å². The van der Waals surface area contributed by atoms with Crippen molar-refractivity contribution >= 4 is 5.91 Å². The largest absolute Gasteiger partial charge is 0.340 e. The van der Waals surface area contributed by atoms with Gasteiger partial charge in [0.15, 0.2) is 5.82 Å². The Hall–Kier alpha value is -1.56. The summed E-state index contributed by atoms with van der Waals surface area (Å²) in [5.41, 5.74) is -0.268. The smallest absolute Gasteiger partial charge is 0.256 e. The van der Waals surface area contributed by atoms with Crippen molar-refractivity contribution in [2.45, 2.75) is 18.9 Å². The molecule has 104 valence electrons. The highest BCUT2D eigenvalue weighted by Crippen LogP contribution is 2.17. The quantitative estimate of drug-likeness (QED) is 0.781. The van der Waals surface area contributed by atoms with Gasteiger partial charge in [0.25, 0.3) is 5.91 Å². The number of nitrogens with zero attached hydrogens (tertiary/aromatic N) is 3. The van der Waals surface area contributed by atoms with Crippen molar-refractivity contribution in [3.8, 4) is 0 Å². The molecule has 6 heteroatoms. The van der Waals surface area contributed by atoms with Gasteiger partial charge in [-0.05, 0) is 32.5 Å². The monoisotopic (exact) mass is 269 g/mol. The Balaban J connectivity index is 2.08. The van der Waals surface area contributed by atoms with Crippen LogP contribution in [-0.4, -0.2) is 53.9 Å².